The first-order chi connectivity index (χ1) is 11.6. The van der Waals surface area contributed by atoms with Gasteiger partial charge in [0.2, 0.25) is 0 Å². The number of hydrogen-bond donors (Lipinski definition) is 1. The van der Waals surface area contributed by atoms with Gasteiger partial charge < -0.3 is 9.84 Å². The van der Waals surface area contributed by atoms with Crippen molar-refractivity contribution in [1.29, 1.82) is 0 Å². The van der Waals surface area contributed by atoms with Crippen molar-refractivity contribution in [2.45, 2.75) is 66.2 Å². The molecule has 1 fully saturated rings. The highest BCUT2D eigenvalue weighted by atomic mass is 16.5. The topological polar surface area (TPSA) is 63.6 Å². The third-order valence-corrected chi connectivity index (χ3v) is 7.06. The van der Waals surface area contributed by atoms with Crippen molar-refractivity contribution < 1.29 is 19.4 Å². The summed E-state index contributed by atoms with van der Waals surface area (Å²) in [7, 11) is 1.39. The Kier molecular flexibility index (Phi) is 5.80. The Labute approximate surface area is 151 Å². The molecule has 4 atom stereocenters. The number of carboxylic acids is 1. The highest BCUT2D eigenvalue weighted by Gasteiger charge is 2.55. The number of carboxylic acid groups (broad SMARTS) is 1. The monoisotopic (exact) mass is 348 g/mol. The first-order valence-electron chi connectivity index (χ1n) is 9.34. The Bertz CT molecular complexity index is 603. The molecule has 0 aromatic carbocycles. The molecule has 0 spiro atoms. The molecule has 0 aromatic rings. The van der Waals surface area contributed by atoms with Crippen molar-refractivity contribution in [2.75, 3.05) is 7.11 Å². The molecular formula is C21H32O4. The van der Waals surface area contributed by atoms with Gasteiger partial charge in [0, 0.05) is 17.1 Å². The second-order valence-electron chi connectivity index (χ2n) is 8.43. The number of fused-ring (bicyclic) bond motifs is 1. The second kappa shape index (κ2) is 7.35. The van der Waals surface area contributed by atoms with E-state index in [1.165, 1.54) is 7.11 Å². The average Bonchev–Trinajstić information content (AvgIpc) is 2.56. The van der Waals surface area contributed by atoms with E-state index in [-0.39, 0.29) is 16.8 Å². The van der Waals surface area contributed by atoms with Crippen molar-refractivity contribution in [3.63, 3.8) is 0 Å². The fourth-order valence-electron chi connectivity index (χ4n) is 5.24. The highest BCUT2D eigenvalue weighted by molar-refractivity contribution is 5.88. The Morgan fingerprint density at radius 1 is 1.36 bits per heavy atom. The number of hydrogen-bond acceptors (Lipinski definition) is 3. The number of allylic oxidation sites excluding steroid dienone is 2. The standard InChI is InChI=1S/C21H32O4/c1-14(13-18(22)25-5)9-11-20(3)15(2)10-12-21(4)16(19(23)24)7-6-8-17(20)21/h7,13,15,17H,6,8-12H2,1-5H3,(H,23,24)/b14-13+/t15?,17-,20+,21+/m1/s1. The predicted molar refractivity (Wildman–Crippen MR) is 98.1 cm³/mol. The van der Waals surface area contributed by atoms with Gasteiger partial charge in [-0.1, -0.05) is 32.4 Å². The number of aliphatic carboxylic acids is 1. The normalized spacial score (nSPS) is 35.6. The molecule has 2 aliphatic carbocycles. The van der Waals surface area contributed by atoms with Crippen LogP contribution in [0, 0.1) is 22.7 Å². The van der Waals surface area contributed by atoms with Gasteiger partial charge in [-0.05, 0) is 62.7 Å². The third kappa shape index (κ3) is 3.68. The number of rotatable bonds is 5. The maximum atomic E-state index is 11.8. The highest BCUT2D eigenvalue weighted by Crippen LogP contribution is 2.62. The van der Waals surface area contributed by atoms with Crippen LogP contribution in [0.25, 0.3) is 0 Å². The largest absolute Gasteiger partial charge is 0.478 e. The smallest absolute Gasteiger partial charge is 0.331 e. The van der Waals surface area contributed by atoms with Crippen molar-refractivity contribution in [3.05, 3.63) is 23.3 Å². The first kappa shape index (κ1) is 19.7. The summed E-state index contributed by atoms with van der Waals surface area (Å²) in [5.41, 5.74) is 1.47. The molecule has 0 bridgehead atoms. The first-order valence-corrected chi connectivity index (χ1v) is 9.34. The van der Waals surface area contributed by atoms with E-state index in [9.17, 15) is 14.7 Å². The maximum absolute atomic E-state index is 11.8. The van der Waals surface area contributed by atoms with Crippen LogP contribution >= 0.6 is 0 Å². The molecule has 0 heterocycles. The summed E-state index contributed by atoms with van der Waals surface area (Å²) in [6.45, 7) is 8.75. The van der Waals surface area contributed by atoms with Gasteiger partial charge in [0.05, 0.1) is 7.11 Å². The molecule has 1 unspecified atom stereocenters. The number of carbonyl (C=O) groups excluding carboxylic acids is 1. The summed E-state index contributed by atoms with van der Waals surface area (Å²) in [6.07, 6.45) is 9.22. The second-order valence-corrected chi connectivity index (χ2v) is 8.43. The fourth-order valence-corrected chi connectivity index (χ4v) is 5.24. The van der Waals surface area contributed by atoms with Crippen LogP contribution < -0.4 is 0 Å². The predicted octanol–water partition coefficient (Wildman–Crippen LogP) is 4.75. The lowest BCUT2D eigenvalue weighted by atomic mass is 9.46. The number of methoxy groups -OCH3 is 1. The van der Waals surface area contributed by atoms with Crippen LogP contribution in [0.4, 0.5) is 0 Å². The van der Waals surface area contributed by atoms with Crippen LogP contribution in [0.3, 0.4) is 0 Å². The van der Waals surface area contributed by atoms with E-state index < -0.39 is 5.97 Å². The van der Waals surface area contributed by atoms with Gasteiger partial charge in [0.1, 0.15) is 0 Å². The van der Waals surface area contributed by atoms with Crippen LogP contribution in [0.15, 0.2) is 23.3 Å². The molecule has 4 nitrogen and oxygen atoms in total. The van der Waals surface area contributed by atoms with Crippen molar-refractivity contribution in [1.82, 2.24) is 0 Å². The molecule has 0 saturated heterocycles. The summed E-state index contributed by atoms with van der Waals surface area (Å²) in [4.78, 5) is 23.2. The molecule has 2 rings (SSSR count). The van der Waals surface area contributed by atoms with Crippen molar-refractivity contribution in [3.8, 4) is 0 Å². The Morgan fingerprint density at radius 3 is 2.64 bits per heavy atom. The quantitative estimate of drug-likeness (QED) is 0.575. The van der Waals surface area contributed by atoms with Gasteiger partial charge in [-0.25, -0.2) is 9.59 Å². The number of esters is 1. The van der Waals surface area contributed by atoms with Gasteiger partial charge in [-0.2, -0.15) is 0 Å². The molecule has 1 saturated carbocycles. The van der Waals surface area contributed by atoms with Crippen LogP contribution in [-0.4, -0.2) is 24.2 Å². The lowest BCUT2D eigenvalue weighted by Crippen LogP contribution is -2.51. The van der Waals surface area contributed by atoms with E-state index in [0.29, 0.717) is 17.4 Å². The zero-order chi connectivity index (χ0) is 18.8. The van der Waals surface area contributed by atoms with Gasteiger partial charge in [0.15, 0.2) is 0 Å². The van der Waals surface area contributed by atoms with E-state index in [0.717, 1.165) is 44.1 Å². The minimum absolute atomic E-state index is 0.0766. The van der Waals surface area contributed by atoms with Gasteiger partial charge >= 0.3 is 11.9 Å². The van der Waals surface area contributed by atoms with Crippen LogP contribution in [0.1, 0.15) is 66.2 Å². The Hall–Kier alpha value is -1.58. The fraction of sp³-hybridized carbons (Fsp3) is 0.714. The molecule has 25 heavy (non-hydrogen) atoms. The molecule has 0 aromatic heterocycles. The van der Waals surface area contributed by atoms with E-state index >= 15 is 0 Å². The molecule has 2 aliphatic rings. The average molecular weight is 348 g/mol. The lowest BCUT2D eigenvalue weighted by molar-refractivity contribution is -0.137. The van der Waals surface area contributed by atoms with E-state index in [1.54, 1.807) is 6.08 Å². The van der Waals surface area contributed by atoms with Gasteiger partial charge in [-0.15, -0.1) is 0 Å². The maximum Gasteiger partial charge on any atom is 0.331 e. The Balaban J connectivity index is 2.26. The summed E-state index contributed by atoms with van der Waals surface area (Å²) in [5.74, 6) is -0.153. The van der Waals surface area contributed by atoms with Crippen LogP contribution in [0.5, 0.6) is 0 Å². The molecule has 4 heteroatoms. The summed E-state index contributed by atoms with van der Waals surface area (Å²) in [5, 5.41) is 9.69. The molecule has 0 aliphatic heterocycles. The zero-order valence-corrected chi connectivity index (χ0v) is 16.2. The van der Waals surface area contributed by atoms with Crippen molar-refractivity contribution in [2.24, 2.45) is 22.7 Å². The molecular weight excluding hydrogens is 316 g/mol. The lowest BCUT2D eigenvalue weighted by Gasteiger charge is -2.57. The minimum Gasteiger partial charge on any atom is -0.478 e. The molecule has 1 N–H and O–H groups in total. The zero-order valence-electron chi connectivity index (χ0n) is 16.2. The van der Waals surface area contributed by atoms with Crippen molar-refractivity contribution >= 4 is 11.9 Å². The molecule has 140 valence electrons. The van der Waals surface area contributed by atoms with Gasteiger partial charge in [0.25, 0.3) is 0 Å². The minimum atomic E-state index is -0.758. The summed E-state index contributed by atoms with van der Waals surface area (Å²) in [6, 6.07) is 0. The Morgan fingerprint density at radius 2 is 2.04 bits per heavy atom. The van der Waals surface area contributed by atoms with E-state index in [4.69, 9.17) is 4.74 Å². The van der Waals surface area contributed by atoms with E-state index in [2.05, 4.69) is 20.8 Å². The van der Waals surface area contributed by atoms with E-state index in [1.807, 2.05) is 13.0 Å². The molecule has 0 amide bonds. The van der Waals surface area contributed by atoms with Crippen LogP contribution in [-0.2, 0) is 14.3 Å². The summed E-state index contributed by atoms with van der Waals surface area (Å²) >= 11 is 0. The SMILES string of the molecule is COC(=O)/C=C(\C)CC[C@@]1(C)C(C)CC[C@@]2(C)C(C(=O)O)=CCC[C@@H]21. The summed E-state index contributed by atoms with van der Waals surface area (Å²) < 4.78 is 4.71. The van der Waals surface area contributed by atoms with Gasteiger partial charge in [-0.3, -0.25) is 0 Å². The number of carbonyl (C=O) groups is 2. The third-order valence-electron chi connectivity index (χ3n) is 7.06. The van der Waals surface area contributed by atoms with Crippen LogP contribution in [0.2, 0.25) is 0 Å². The molecule has 0 radical (unpaired) electrons. The number of ether oxygens (including phenoxy) is 1.